The number of ether oxygens (including phenoxy) is 1. The zero-order chi connectivity index (χ0) is 15.1. The molecule has 1 N–H and O–H groups in total. The van der Waals surface area contributed by atoms with E-state index in [1.54, 1.807) is 24.1 Å². The molecule has 0 aliphatic rings. The zero-order valence-electron chi connectivity index (χ0n) is 12.1. The lowest BCUT2D eigenvalue weighted by Gasteiger charge is -2.24. The van der Waals surface area contributed by atoms with Crippen molar-refractivity contribution < 1.29 is 19.4 Å². The van der Waals surface area contributed by atoms with Crippen molar-refractivity contribution in [3.05, 3.63) is 35.4 Å². The third-order valence-corrected chi connectivity index (χ3v) is 2.82. The molecule has 1 amide bonds. The highest BCUT2D eigenvalue weighted by molar-refractivity contribution is 5.95. The molecule has 1 aromatic carbocycles. The first kappa shape index (κ1) is 16.2. The molecule has 0 heterocycles. The van der Waals surface area contributed by atoms with Crippen LogP contribution in [0.5, 0.6) is 0 Å². The van der Waals surface area contributed by atoms with Crippen LogP contribution in [0.1, 0.15) is 34.6 Å². The molecule has 0 fully saturated rings. The van der Waals surface area contributed by atoms with Crippen molar-refractivity contribution in [1.82, 2.24) is 4.90 Å². The van der Waals surface area contributed by atoms with E-state index in [0.29, 0.717) is 31.2 Å². The maximum Gasteiger partial charge on any atom is 0.335 e. The summed E-state index contributed by atoms with van der Waals surface area (Å²) in [7, 11) is 1.60. The summed E-state index contributed by atoms with van der Waals surface area (Å²) in [6.07, 6.45) is 0. The molecule has 110 valence electrons. The van der Waals surface area contributed by atoms with E-state index in [1.807, 2.05) is 13.8 Å². The van der Waals surface area contributed by atoms with Crippen molar-refractivity contribution in [3.8, 4) is 0 Å². The van der Waals surface area contributed by atoms with Crippen LogP contribution in [-0.2, 0) is 4.74 Å². The van der Waals surface area contributed by atoms with Gasteiger partial charge < -0.3 is 14.7 Å². The van der Waals surface area contributed by atoms with Crippen LogP contribution >= 0.6 is 0 Å². The van der Waals surface area contributed by atoms with Crippen LogP contribution in [0.25, 0.3) is 0 Å². The Labute approximate surface area is 119 Å². The van der Waals surface area contributed by atoms with Crippen molar-refractivity contribution in [2.24, 2.45) is 5.92 Å². The molecular formula is C15H21NO4. The number of nitrogens with zero attached hydrogens (tertiary/aromatic N) is 1. The van der Waals surface area contributed by atoms with E-state index >= 15 is 0 Å². The van der Waals surface area contributed by atoms with Crippen LogP contribution in [-0.4, -0.2) is 48.7 Å². The molecule has 0 bridgehead atoms. The number of carbonyl (C=O) groups excluding carboxylic acids is 1. The molecule has 0 atom stereocenters. The van der Waals surface area contributed by atoms with E-state index in [-0.39, 0.29) is 11.5 Å². The second kappa shape index (κ2) is 7.65. The number of hydrogen-bond donors (Lipinski definition) is 1. The monoisotopic (exact) mass is 279 g/mol. The number of amides is 1. The summed E-state index contributed by atoms with van der Waals surface area (Å²) in [6, 6.07) is 5.98. The van der Waals surface area contributed by atoms with Crippen LogP contribution in [0.4, 0.5) is 0 Å². The minimum atomic E-state index is -0.998. The lowest BCUT2D eigenvalue weighted by Crippen LogP contribution is -2.36. The van der Waals surface area contributed by atoms with E-state index in [2.05, 4.69) is 0 Å². The Balaban J connectivity index is 2.84. The quantitative estimate of drug-likeness (QED) is 0.830. The Hall–Kier alpha value is -1.88. The molecule has 20 heavy (non-hydrogen) atoms. The van der Waals surface area contributed by atoms with Gasteiger partial charge in [0.25, 0.3) is 5.91 Å². The van der Waals surface area contributed by atoms with Crippen LogP contribution in [0.15, 0.2) is 24.3 Å². The van der Waals surface area contributed by atoms with Crippen LogP contribution in [0.3, 0.4) is 0 Å². The molecule has 0 saturated carbocycles. The van der Waals surface area contributed by atoms with Crippen molar-refractivity contribution in [3.63, 3.8) is 0 Å². The summed E-state index contributed by atoms with van der Waals surface area (Å²) in [4.78, 5) is 24.9. The highest BCUT2D eigenvalue weighted by atomic mass is 16.5. The number of carboxylic acid groups (broad SMARTS) is 1. The lowest BCUT2D eigenvalue weighted by atomic mass is 10.1. The van der Waals surface area contributed by atoms with Gasteiger partial charge in [0.15, 0.2) is 0 Å². The van der Waals surface area contributed by atoms with Crippen LogP contribution in [0, 0.1) is 5.92 Å². The van der Waals surface area contributed by atoms with E-state index in [1.165, 1.54) is 12.1 Å². The summed E-state index contributed by atoms with van der Waals surface area (Å²) in [5.41, 5.74) is 0.667. The second-order valence-electron chi connectivity index (χ2n) is 5.02. The third-order valence-electron chi connectivity index (χ3n) is 2.82. The smallest absolute Gasteiger partial charge is 0.335 e. The molecule has 0 aliphatic heterocycles. The van der Waals surface area contributed by atoms with Gasteiger partial charge in [-0.25, -0.2) is 4.79 Å². The van der Waals surface area contributed by atoms with Gasteiger partial charge in [0.1, 0.15) is 0 Å². The van der Waals surface area contributed by atoms with E-state index in [4.69, 9.17) is 9.84 Å². The third kappa shape index (κ3) is 4.66. The number of carboxylic acids is 1. The van der Waals surface area contributed by atoms with E-state index < -0.39 is 5.97 Å². The summed E-state index contributed by atoms with van der Waals surface area (Å²) in [6.45, 7) is 5.73. The fourth-order valence-corrected chi connectivity index (χ4v) is 1.86. The number of hydrogen-bond acceptors (Lipinski definition) is 3. The molecule has 0 aromatic heterocycles. The second-order valence-corrected chi connectivity index (χ2v) is 5.02. The summed E-state index contributed by atoms with van der Waals surface area (Å²) in [5, 5.41) is 8.85. The van der Waals surface area contributed by atoms with Gasteiger partial charge in [-0.2, -0.15) is 0 Å². The SMILES string of the molecule is COCCN(CC(C)C)C(=O)c1ccc(C(=O)O)cc1. The van der Waals surface area contributed by atoms with Gasteiger partial charge in [0.05, 0.1) is 12.2 Å². The van der Waals surface area contributed by atoms with Gasteiger partial charge in [0, 0.05) is 25.8 Å². The zero-order valence-corrected chi connectivity index (χ0v) is 12.1. The Bertz CT molecular complexity index is 453. The maximum atomic E-state index is 12.4. The lowest BCUT2D eigenvalue weighted by molar-refractivity contribution is 0.0667. The summed E-state index contributed by atoms with van der Waals surface area (Å²) < 4.78 is 5.02. The van der Waals surface area contributed by atoms with Gasteiger partial charge in [0.2, 0.25) is 0 Å². The van der Waals surface area contributed by atoms with E-state index in [0.717, 1.165) is 0 Å². The maximum absolute atomic E-state index is 12.4. The molecule has 0 radical (unpaired) electrons. The highest BCUT2D eigenvalue weighted by Crippen LogP contribution is 2.10. The molecule has 0 unspecified atom stereocenters. The summed E-state index contributed by atoms with van der Waals surface area (Å²) in [5.74, 6) is -0.746. The molecule has 0 saturated heterocycles. The van der Waals surface area contributed by atoms with Gasteiger partial charge in [-0.05, 0) is 30.2 Å². The Morgan fingerprint density at radius 2 is 1.75 bits per heavy atom. The van der Waals surface area contributed by atoms with Crippen molar-refractivity contribution in [2.75, 3.05) is 26.8 Å². The van der Waals surface area contributed by atoms with Gasteiger partial charge in [-0.3, -0.25) is 4.79 Å². The number of carbonyl (C=O) groups is 2. The number of benzene rings is 1. The van der Waals surface area contributed by atoms with Crippen molar-refractivity contribution >= 4 is 11.9 Å². The number of methoxy groups -OCH3 is 1. The first-order chi connectivity index (χ1) is 9.45. The van der Waals surface area contributed by atoms with Gasteiger partial charge in [-0.15, -0.1) is 0 Å². The summed E-state index contributed by atoms with van der Waals surface area (Å²) >= 11 is 0. The minimum absolute atomic E-state index is 0.104. The van der Waals surface area contributed by atoms with E-state index in [9.17, 15) is 9.59 Å². The molecule has 0 spiro atoms. The fraction of sp³-hybridized carbons (Fsp3) is 0.467. The predicted octanol–water partition coefficient (Wildman–Crippen LogP) is 2.13. The molecular weight excluding hydrogens is 258 g/mol. The average Bonchev–Trinajstić information content (AvgIpc) is 2.42. The van der Waals surface area contributed by atoms with Crippen molar-refractivity contribution in [1.29, 1.82) is 0 Å². The highest BCUT2D eigenvalue weighted by Gasteiger charge is 2.17. The molecule has 5 nitrogen and oxygen atoms in total. The van der Waals surface area contributed by atoms with Crippen LogP contribution < -0.4 is 0 Å². The topological polar surface area (TPSA) is 66.8 Å². The Morgan fingerprint density at radius 3 is 2.20 bits per heavy atom. The number of aromatic carboxylic acids is 1. The Morgan fingerprint density at radius 1 is 1.20 bits per heavy atom. The van der Waals surface area contributed by atoms with Gasteiger partial charge >= 0.3 is 5.97 Å². The molecule has 0 aliphatic carbocycles. The minimum Gasteiger partial charge on any atom is -0.478 e. The normalized spacial score (nSPS) is 10.6. The van der Waals surface area contributed by atoms with Gasteiger partial charge in [-0.1, -0.05) is 13.8 Å². The Kier molecular flexibility index (Phi) is 6.18. The number of rotatable bonds is 7. The average molecular weight is 279 g/mol. The standard InChI is InChI=1S/C15H21NO4/c1-11(2)10-16(8-9-20-3)14(17)12-4-6-13(7-5-12)15(18)19/h4-7,11H,8-10H2,1-3H3,(H,18,19). The first-order valence-electron chi connectivity index (χ1n) is 6.57. The van der Waals surface area contributed by atoms with Crippen molar-refractivity contribution in [2.45, 2.75) is 13.8 Å². The predicted molar refractivity (Wildman–Crippen MR) is 76.0 cm³/mol. The first-order valence-corrected chi connectivity index (χ1v) is 6.57. The largest absolute Gasteiger partial charge is 0.478 e. The van der Waals surface area contributed by atoms with Crippen LogP contribution in [0.2, 0.25) is 0 Å². The molecule has 1 aromatic rings. The molecule has 1 rings (SSSR count). The molecule has 5 heteroatoms. The fourth-order valence-electron chi connectivity index (χ4n) is 1.86.